The number of amides is 4. The molecule has 0 spiro atoms. The van der Waals surface area contributed by atoms with Gasteiger partial charge in [0.1, 0.15) is 11.3 Å². The first kappa shape index (κ1) is 36.2. The second-order valence-electron chi connectivity index (χ2n) is 10.2. The van der Waals surface area contributed by atoms with Crippen LogP contribution >= 0.6 is 11.8 Å². The number of hydrogen-bond donors (Lipinski definition) is 4. The third-order valence-electron chi connectivity index (χ3n) is 6.98. The Hall–Kier alpha value is -3.31. The van der Waals surface area contributed by atoms with E-state index in [0.29, 0.717) is 44.5 Å². The first-order valence-electron chi connectivity index (χ1n) is 14.6. The van der Waals surface area contributed by atoms with Crippen LogP contribution < -0.4 is 21.3 Å². The standard InChI is InChI=1S/C27H37F4N7O6S/c28-20-19(21(29)23(31)25(22(20)30)37-38-32)26(40)34-8-4-10-43-12-14-44-13-11-42-9-3-7-33-18(39)6-2-1-5-17-24-16(15-45-17)35-27(41)36-24/h16-17,24H,1-15H2,(H,33,39)(H,34,40)(H2,35,36,41). The van der Waals surface area contributed by atoms with E-state index in [1.807, 2.05) is 11.8 Å². The molecule has 45 heavy (non-hydrogen) atoms. The van der Waals surface area contributed by atoms with E-state index in [2.05, 4.69) is 31.3 Å². The van der Waals surface area contributed by atoms with Crippen LogP contribution in [0.1, 0.15) is 48.9 Å². The van der Waals surface area contributed by atoms with Crippen LogP contribution in [-0.2, 0) is 19.0 Å². The zero-order chi connectivity index (χ0) is 32.6. The first-order valence-corrected chi connectivity index (χ1v) is 15.7. The van der Waals surface area contributed by atoms with Crippen LogP contribution in [0.25, 0.3) is 10.4 Å². The summed E-state index contributed by atoms with van der Waals surface area (Å²) in [6.45, 7) is 2.32. The van der Waals surface area contributed by atoms with Gasteiger partial charge in [-0.1, -0.05) is 11.5 Å². The highest BCUT2D eigenvalue weighted by molar-refractivity contribution is 8.00. The van der Waals surface area contributed by atoms with Gasteiger partial charge in [0.05, 0.1) is 38.5 Å². The number of carbonyl (C=O) groups excluding carboxylic acids is 3. The SMILES string of the molecule is [N-]=[N+]=Nc1c(F)c(F)c(C(=O)NCCCOCCOCCOCCCNC(=O)CCCCC2SCC3NC(=O)NC32)c(F)c1F. The molecule has 0 aliphatic carbocycles. The van der Waals surface area contributed by atoms with Crippen LogP contribution in [0.15, 0.2) is 5.11 Å². The molecule has 2 aliphatic heterocycles. The summed E-state index contributed by atoms with van der Waals surface area (Å²) < 4.78 is 71.8. The van der Waals surface area contributed by atoms with E-state index in [0.717, 1.165) is 25.0 Å². The third kappa shape index (κ3) is 11.2. The minimum atomic E-state index is -1.97. The molecule has 3 rings (SSSR count). The largest absolute Gasteiger partial charge is 0.379 e. The highest BCUT2D eigenvalue weighted by atomic mass is 32.2. The van der Waals surface area contributed by atoms with Crippen LogP contribution in [0.2, 0.25) is 0 Å². The number of fused-ring (bicyclic) bond motifs is 1. The number of unbranched alkanes of at least 4 members (excludes halogenated alkanes) is 1. The van der Waals surface area contributed by atoms with Crippen molar-refractivity contribution in [1.29, 1.82) is 0 Å². The number of hydrogen-bond acceptors (Lipinski definition) is 8. The van der Waals surface area contributed by atoms with Crippen molar-refractivity contribution in [1.82, 2.24) is 21.3 Å². The van der Waals surface area contributed by atoms with Crippen LogP contribution in [0, 0.1) is 23.3 Å². The Morgan fingerprint density at radius 2 is 1.47 bits per heavy atom. The summed E-state index contributed by atoms with van der Waals surface area (Å²) in [6.07, 6.45) is 4.11. The second kappa shape index (κ2) is 19.3. The summed E-state index contributed by atoms with van der Waals surface area (Å²) in [4.78, 5) is 37.5. The molecule has 0 radical (unpaired) electrons. The number of carbonyl (C=O) groups is 3. The Bertz CT molecular complexity index is 1200. The zero-order valence-corrected chi connectivity index (χ0v) is 25.4. The summed E-state index contributed by atoms with van der Waals surface area (Å²) in [5.74, 6) is -8.29. The van der Waals surface area contributed by atoms with Crippen LogP contribution in [0.5, 0.6) is 0 Å². The molecule has 1 aromatic rings. The number of urea groups is 1. The average Bonchev–Trinajstić information content (AvgIpc) is 3.57. The fraction of sp³-hybridized carbons (Fsp3) is 0.667. The van der Waals surface area contributed by atoms with E-state index in [-0.39, 0.29) is 56.8 Å². The summed E-state index contributed by atoms with van der Waals surface area (Å²) in [6, 6.07) is 0.314. The van der Waals surface area contributed by atoms with E-state index in [9.17, 15) is 31.9 Å². The van der Waals surface area contributed by atoms with Gasteiger partial charge in [0.25, 0.3) is 5.91 Å². The molecule has 4 amide bonds. The molecule has 18 heteroatoms. The monoisotopic (exact) mass is 663 g/mol. The molecule has 0 aromatic heterocycles. The van der Waals surface area contributed by atoms with Crippen molar-refractivity contribution in [3.8, 4) is 0 Å². The molecular formula is C27H37F4N7O6S. The molecular weight excluding hydrogens is 626 g/mol. The lowest BCUT2D eigenvalue weighted by atomic mass is 10.0. The van der Waals surface area contributed by atoms with Gasteiger partial charge in [-0.05, 0) is 31.2 Å². The summed E-state index contributed by atoms with van der Waals surface area (Å²) in [5.41, 5.74) is 5.30. The quantitative estimate of drug-likeness (QED) is 0.0296. The Morgan fingerprint density at radius 3 is 2.09 bits per heavy atom. The van der Waals surface area contributed by atoms with Crippen LogP contribution in [-0.4, -0.2) is 93.7 Å². The minimum Gasteiger partial charge on any atom is -0.379 e. The van der Waals surface area contributed by atoms with Gasteiger partial charge in [-0.15, -0.1) is 0 Å². The van der Waals surface area contributed by atoms with Gasteiger partial charge in [-0.3, -0.25) is 9.59 Å². The molecule has 1 aromatic carbocycles. The van der Waals surface area contributed by atoms with Gasteiger partial charge in [0.2, 0.25) is 5.91 Å². The fourth-order valence-corrected chi connectivity index (χ4v) is 6.27. The zero-order valence-electron chi connectivity index (χ0n) is 24.5. The van der Waals surface area contributed by atoms with Crippen LogP contribution in [0.4, 0.5) is 28.0 Å². The third-order valence-corrected chi connectivity index (χ3v) is 8.48. The summed E-state index contributed by atoms with van der Waals surface area (Å²) in [5, 5.41) is 13.9. The molecule has 250 valence electrons. The Kier molecular flexibility index (Phi) is 15.5. The fourth-order valence-electron chi connectivity index (χ4n) is 4.72. The van der Waals surface area contributed by atoms with Crippen molar-refractivity contribution in [3.63, 3.8) is 0 Å². The number of azide groups is 1. The molecule has 4 N–H and O–H groups in total. The molecule has 13 nitrogen and oxygen atoms in total. The van der Waals surface area contributed by atoms with Gasteiger partial charge in [0.15, 0.2) is 23.3 Å². The number of ether oxygens (including phenoxy) is 3. The van der Waals surface area contributed by atoms with E-state index >= 15 is 0 Å². The maximum Gasteiger partial charge on any atom is 0.315 e. The smallest absolute Gasteiger partial charge is 0.315 e. The Balaban J connectivity index is 1.09. The molecule has 0 saturated carbocycles. The van der Waals surface area contributed by atoms with Gasteiger partial charge in [-0.2, -0.15) is 11.8 Å². The van der Waals surface area contributed by atoms with Gasteiger partial charge in [0, 0.05) is 48.6 Å². The summed E-state index contributed by atoms with van der Waals surface area (Å²) in [7, 11) is 0. The van der Waals surface area contributed by atoms with E-state index in [1.165, 1.54) is 0 Å². The number of thioether (sulfide) groups is 1. The van der Waals surface area contributed by atoms with Crippen molar-refractivity contribution >= 4 is 35.3 Å². The molecule has 3 unspecified atom stereocenters. The predicted octanol–water partition coefficient (Wildman–Crippen LogP) is 3.59. The van der Waals surface area contributed by atoms with Gasteiger partial charge in [-0.25, -0.2) is 22.4 Å². The van der Waals surface area contributed by atoms with Crippen molar-refractivity contribution in [3.05, 3.63) is 39.3 Å². The maximum absolute atomic E-state index is 14.0. The number of rotatable bonds is 21. The number of nitrogens with one attached hydrogen (secondary N) is 4. The van der Waals surface area contributed by atoms with E-state index in [4.69, 9.17) is 19.7 Å². The van der Waals surface area contributed by atoms with Crippen LogP contribution in [0.3, 0.4) is 0 Å². The van der Waals surface area contributed by atoms with Crippen molar-refractivity contribution in [2.45, 2.75) is 55.9 Å². The van der Waals surface area contributed by atoms with Crippen molar-refractivity contribution in [2.24, 2.45) is 5.11 Å². The number of halogens is 4. The number of nitrogens with zero attached hydrogens (tertiary/aromatic N) is 3. The molecule has 0 bridgehead atoms. The highest BCUT2D eigenvalue weighted by Crippen LogP contribution is 2.33. The van der Waals surface area contributed by atoms with Gasteiger partial charge < -0.3 is 35.5 Å². The number of benzene rings is 1. The molecule has 2 heterocycles. The predicted molar refractivity (Wildman–Crippen MR) is 156 cm³/mol. The average molecular weight is 664 g/mol. The van der Waals surface area contributed by atoms with E-state index in [1.54, 1.807) is 0 Å². The molecule has 2 aliphatic rings. The molecule has 3 atom stereocenters. The van der Waals surface area contributed by atoms with Gasteiger partial charge >= 0.3 is 6.03 Å². The second-order valence-corrected chi connectivity index (χ2v) is 11.5. The lowest BCUT2D eigenvalue weighted by Crippen LogP contribution is -2.36. The lowest BCUT2D eigenvalue weighted by molar-refractivity contribution is -0.121. The first-order chi connectivity index (χ1) is 21.7. The molecule has 2 saturated heterocycles. The minimum absolute atomic E-state index is 0.0141. The van der Waals surface area contributed by atoms with E-state index < -0.39 is 40.4 Å². The highest BCUT2D eigenvalue weighted by Gasteiger charge is 2.42. The molecule has 2 fully saturated rings. The lowest BCUT2D eigenvalue weighted by Gasteiger charge is -2.16. The summed E-state index contributed by atoms with van der Waals surface area (Å²) >= 11 is 1.87. The normalized spacial score (nSPS) is 18.6. The topological polar surface area (TPSA) is 176 Å². The van der Waals surface area contributed by atoms with Crippen molar-refractivity contribution in [2.75, 3.05) is 58.5 Å². The Labute approximate surface area is 261 Å². The maximum atomic E-state index is 14.0. The van der Waals surface area contributed by atoms with Crippen molar-refractivity contribution < 1.29 is 46.2 Å². The Morgan fingerprint density at radius 1 is 0.867 bits per heavy atom.